The van der Waals surface area contributed by atoms with Gasteiger partial charge in [-0.05, 0) is 0 Å². The van der Waals surface area contributed by atoms with Crippen molar-refractivity contribution in [3.63, 3.8) is 0 Å². The van der Waals surface area contributed by atoms with Crippen LogP contribution in [0.3, 0.4) is 0 Å². The summed E-state index contributed by atoms with van der Waals surface area (Å²) in [7, 11) is 0. The molecule has 5 heteroatoms. The zero-order valence-corrected chi connectivity index (χ0v) is 5.92. The largest absolute Gasteiger partial charge is 0.394 e. The molecule has 1 saturated heterocycles. The Bertz CT molecular complexity index is 116. The Hall–Kier alpha value is -0.200. The smallest absolute Gasteiger partial charge is 0.183 e. The van der Waals surface area contributed by atoms with Gasteiger partial charge in [-0.25, -0.2) is 0 Å². The van der Waals surface area contributed by atoms with E-state index in [1.54, 1.807) is 0 Å². The van der Waals surface area contributed by atoms with Gasteiger partial charge in [-0.1, -0.05) is 0 Å². The molecule has 0 aromatic heterocycles. The van der Waals surface area contributed by atoms with Crippen molar-refractivity contribution in [1.82, 2.24) is 0 Å². The van der Waals surface area contributed by atoms with Crippen molar-refractivity contribution in [2.45, 2.75) is 31.0 Å². The Morgan fingerprint density at radius 1 is 1.27 bits per heavy atom. The summed E-state index contributed by atoms with van der Waals surface area (Å²) in [5.41, 5.74) is 0. The van der Waals surface area contributed by atoms with Crippen LogP contribution in [0.25, 0.3) is 0 Å². The SMILES string of the molecule is OCC1CC(O)[C@@H](O)C(O)O1. The summed E-state index contributed by atoms with van der Waals surface area (Å²) in [6, 6.07) is 0. The minimum Gasteiger partial charge on any atom is -0.394 e. The van der Waals surface area contributed by atoms with Crippen LogP contribution in [-0.2, 0) is 4.74 Å². The molecule has 5 nitrogen and oxygen atoms in total. The topological polar surface area (TPSA) is 90.2 Å². The van der Waals surface area contributed by atoms with E-state index >= 15 is 0 Å². The van der Waals surface area contributed by atoms with Crippen molar-refractivity contribution in [2.24, 2.45) is 0 Å². The standard InChI is InChI=1S/C6H12O5/c7-2-3-1-4(8)5(9)6(10)11-3/h3-10H,1-2H2/t3?,4?,5-,6?/m1/s1. The molecule has 1 heterocycles. The van der Waals surface area contributed by atoms with Crippen molar-refractivity contribution >= 4 is 0 Å². The number of hydrogen-bond donors (Lipinski definition) is 4. The van der Waals surface area contributed by atoms with E-state index in [9.17, 15) is 0 Å². The summed E-state index contributed by atoms with van der Waals surface area (Å²) in [6.45, 7) is -0.263. The maximum atomic E-state index is 9.05. The molecule has 1 fully saturated rings. The monoisotopic (exact) mass is 164 g/mol. The van der Waals surface area contributed by atoms with Crippen LogP contribution in [0.1, 0.15) is 6.42 Å². The number of ether oxygens (including phenoxy) is 1. The van der Waals surface area contributed by atoms with Gasteiger partial charge >= 0.3 is 0 Å². The molecule has 66 valence electrons. The van der Waals surface area contributed by atoms with Gasteiger partial charge in [-0.15, -0.1) is 0 Å². The first-order valence-electron chi connectivity index (χ1n) is 3.45. The first-order valence-corrected chi connectivity index (χ1v) is 3.45. The zero-order chi connectivity index (χ0) is 8.43. The Kier molecular flexibility index (Phi) is 2.80. The second-order valence-electron chi connectivity index (χ2n) is 2.62. The fourth-order valence-electron chi connectivity index (χ4n) is 1.05. The fraction of sp³-hybridized carbons (Fsp3) is 1.00. The first-order chi connectivity index (χ1) is 5.15. The third-order valence-corrected chi connectivity index (χ3v) is 1.73. The molecule has 3 unspecified atom stereocenters. The summed E-state index contributed by atoms with van der Waals surface area (Å²) >= 11 is 0. The summed E-state index contributed by atoms with van der Waals surface area (Å²) in [6.07, 6.45) is -4.11. The van der Waals surface area contributed by atoms with Crippen molar-refractivity contribution in [3.8, 4) is 0 Å². The van der Waals surface area contributed by atoms with E-state index in [1.165, 1.54) is 0 Å². The number of aliphatic hydroxyl groups is 4. The van der Waals surface area contributed by atoms with Gasteiger partial charge in [-0.2, -0.15) is 0 Å². The van der Waals surface area contributed by atoms with E-state index in [0.29, 0.717) is 0 Å². The Labute approximate surface area is 63.8 Å². The summed E-state index contributed by atoms with van der Waals surface area (Å²) in [5, 5.41) is 35.5. The molecule has 11 heavy (non-hydrogen) atoms. The molecule has 0 aromatic rings. The van der Waals surface area contributed by atoms with Crippen molar-refractivity contribution in [1.29, 1.82) is 0 Å². The molecule has 1 aliphatic rings. The van der Waals surface area contributed by atoms with Gasteiger partial charge < -0.3 is 25.2 Å². The molecular formula is C6H12O5. The highest BCUT2D eigenvalue weighted by molar-refractivity contribution is 4.79. The summed E-state index contributed by atoms with van der Waals surface area (Å²) in [5.74, 6) is 0. The maximum Gasteiger partial charge on any atom is 0.183 e. The minimum atomic E-state index is -1.39. The molecule has 0 aliphatic carbocycles. The molecule has 0 amide bonds. The highest BCUT2D eigenvalue weighted by atomic mass is 16.6. The Balaban J connectivity index is 2.47. The zero-order valence-electron chi connectivity index (χ0n) is 5.92. The molecule has 0 aromatic carbocycles. The van der Waals surface area contributed by atoms with Gasteiger partial charge in [0, 0.05) is 6.42 Å². The lowest BCUT2D eigenvalue weighted by Crippen LogP contribution is -2.49. The van der Waals surface area contributed by atoms with Crippen molar-refractivity contribution < 1.29 is 25.2 Å². The van der Waals surface area contributed by atoms with Gasteiger partial charge in [0.1, 0.15) is 6.10 Å². The van der Waals surface area contributed by atoms with Crippen LogP contribution in [0.4, 0.5) is 0 Å². The Morgan fingerprint density at radius 3 is 2.36 bits per heavy atom. The van der Waals surface area contributed by atoms with Crippen LogP contribution >= 0.6 is 0 Å². The van der Waals surface area contributed by atoms with E-state index in [1.807, 2.05) is 0 Å². The third-order valence-electron chi connectivity index (χ3n) is 1.73. The van der Waals surface area contributed by atoms with Gasteiger partial charge in [0.15, 0.2) is 6.29 Å². The lowest BCUT2D eigenvalue weighted by molar-refractivity contribution is -0.251. The van der Waals surface area contributed by atoms with E-state index in [2.05, 4.69) is 0 Å². The molecule has 0 bridgehead atoms. The highest BCUT2D eigenvalue weighted by Crippen LogP contribution is 2.17. The van der Waals surface area contributed by atoms with Crippen molar-refractivity contribution in [2.75, 3.05) is 6.61 Å². The number of aliphatic hydroxyl groups excluding tert-OH is 4. The predicted octanol–water partition coefficient (Wildman–Crippen LogP) is -2.19. The quantitative estimate of drug-likeness (QED) is 0.353. The second-order valence-corrected chi connectivity index (χ2v) is 2.62. The molecule has 0 saturated carbocycles. The summed E-state index contributed by atoms with van der Waals surface area (Å²) < 4.78 is 4.71. The van der Waals surface area contributed by atoms with Crippen LogP contribution in [-0.4, -0.2) is 51.6 Å². The molecule has 1 aliphatic heterocycles. The predicted molar refractivity (Wildman–Crippen MR) is 34.6 cm³/mol. The van der Waals surface area contributed by atoms with Crippen LogP contribution in [0.15, 0.2) is 0 Å². The van der Waals surface area contributed by atoms with Crippen molar-refractivity contribution in [3.05, 3.63) is 0 Å². The van der Waals surface area contributed by atoms with E-state index < -0.39 is 24.6 Å². The average molecular weight is 164 g/mol. The maximum absolute atomic E-state index is 9.05. The molecule has 0 radical (unpaired) electrons. The second kappa shape index (κ2) is 3.46. The van der Waals surface area contributed by atoms with Crippen LogP contribution in [0.5, 0.6) is 0 Å². The summed E-state index contributed by atoms with van der Waals surface area (Å²) in [4.78, 5) is 0. The van der Waals surface area contributed by atoms with Gasteiger partial charge in [0.05, 0.1) is 18.8 Å². The molecule has 4 atom stereocenters. The van der Waals surface area contributed by atoms with E-state index in [4.69, 9.17) is 25.2 Å². The normalized spacial score (nSPS) is 45.8. The molecule has 1 rings (SSSR count). The number of rotatable bonds is 1. The van der Waals surface area contributed by atoms with Gasteiger partial charge in [0.25, 0.3) is 0 Å². The van der Waals surface area contributed by atoms with Gasteiger partial charge in [-0.3, -0.25) is 0 Å². The third kappa shape index (κ3) is 1.88. The fourth-order valence-corrected chi connectivity index (χ4v) is 1.05. The van der Waals surface area contributed by atoms with E-state index in [0.717, 1.165) is 0 Å². The lowest BCUT2D eigenvalue weighted by atomic mass is 10.0. The minimum absolute atomic E-state index is 0.148. The van der Waals surface area contributed by atoms with Crippen LogP contribution < -0.4 is 0 Å². The van der Waals surface area contributed by atoms with Gasteiger partial charge in [0.2, 0.25) is 0 Å². The molecule has 0 spiro atoms. The van der Waals surface area contributed by atoms with Crippen LogP contribution in [0.2, 0.25) is 0 Å². The molecular weight excluding hydrogens is 152 g/mol. The number of hydrogen-bond acceptors (Lipinski definition) is 5. The van der Waals surface area contributed by atoms with Crippen LogP contribution in [0, 0.1) is 0 Å². The molecule has 4 N–H and O–H groups in total. The highest BCUT2D eigenvalue weighted by Gasteiger charge is 2.34. The first kappa shape index (κ1) is 8.89. The average Bonchev–Trinajstić information content (AvgIpc) is 1.99. The lowest BCUT2D eigenvalue weighted by Gasteiger charge is -2.33. The Morgan fingerprint density at radius 2 is 1.91 bits per heavy atom. The van der Waals surface area contributed by atoms with E-state index in [-0.39, 0.29) is 13.0 Å².